The molecule has 9 heteroatoms. The van der Waals surface area contributed by atoms with Crippen LogP contribution in [0.3, 0.4) is 0 Å². The first-order valence-electron chi connectivity index (χ1n) is 9.20. The molecule has 0 bridgehead atoms. The number of benzene rings is 1. The Morgan fingerprint density at radius 1 is 1.23 bits per heavy atom. The van der Waals surface area contributed by atoms with E-state index in [1.165, 1.54) is 18.2 Å². The standard InChI is InChI=1S/C21H16F3N5O/c1-2-13(10-25)20(30)28-11-16(12-28)29-17-4-3-9-26-19(17)18(27-29)14-5-7-15(8-6-14)21(22,23)24/h2-9,16H,11-12H2,1H3/b13-2+. The third-order valence-corrected chi connectivity index (χ3v) is 5.09. The number of nitrogens with zero attached hydrogens (tertiary/aromatic N) is 5. The summed E-state index contributed by atoms with van der Waals surface area (Å²) in [4.78, 5) is 18.2. The largest absolute Gasteiger partial charge is 0.416 e. The molecule has 1 aromatic carbocycles. The highest BCUT2D eigenvalue weighted by Gasteiger charge is 2.35. The van der Waals surface area contributed by atoms with E-state index in [9.17, 15) is 18.0 Å². The van der Waals surface area contributed by atoms with E-state index in [0.717, 1.165) is 17.6 Å². The van der Waals surface area contributed by atoms with Crippen LogP contribution in [0.15, 0.2) is 54.2 Å². The molecule has 2 aromatic heterocycles. The minimum atomic E-state index is -4.41. The van der Waals surface area contributed by atoms with Crippen molar-refractivity contribution >= 4 is 16.9 Å². The lowest BCUT2D eigenvalue weighted by atomic mass is 10.1. The van der Waals surface area contributed by atoms with Gasteiger partial charge in [-0.25, -0.2) is 0 Å². The second-order valence-corrected chi connectivity index (χ2v) is 6.92. The molecule has 0 atom stereocenters. The van der Waals surface area contributed by atoms with Gasteiger partial charge >= 0.3 is 6.18 Å². The number of nitriles is 1. The maximum atomic E-state index is 12.9. The zero-order valence-corrected chi connectivity index (χ0v) is 15.9. The fourth-order valence-electron chi connectivity index (χ4n) is 3.44. The van der Waals surface area contributed by atoms with Crippen molar-refractivity contribution in [1.82, 2.24) is 19.7 Å². The van der Waals surface area contributed by atoms with Gasteiger partial charge in [0.25, 0.3) is 5.91 Å². The van der Waals surface area contributed by atoms with Gasteiger partial charge in [-0.2, -0.15) is 23.5 Å². The quantitative estimate of drug-likeness (QED) is 0.483. The maximum absolute atomic E-state index is 12.9. The monoisotopic (exact) mass is 411 g/mol. The first kappa shape index (κ1) is 19.6. The van der Waals surface area contributed by atoms with Gasteiger partial charge < -0.3 is 4.90 Å². The summed E-state index contributed by atoms with van der Waals surface area (Å²) < 4.78 is 40.3. The Kier molecular flexibility index (Phi) is 4.78. The fraction of sp³-hybridized carbons (Fsp3) is 0.238. The fourth-order valence-corrected chi connectivity index (χ4v) is 3.44. The smallest absolute Gasteiger partial charge is 0.334 e. The number of fused-ring (bicyclic) bond motifs is 1. The topological polar surface area (TPSA) is 74.8 Å². The number of halogens is 3. The van der Waals surface area contributed by atoms with Crippen LogP contribution < -0.4 is 0 Å². The number of hydrogen-bond acceptors (Lipinski definition) is 4. The zero-order chi connectivity index (χ0) is 21.5. The Bertz CT molecular complexity index is 1180. The number of alkyl halides is 3. The van der Waals surface area contributed by atoms with E-state index in [0.29, 0.717) is 29.9 Å². The summed E-state index contributed by atoms with van der Waals surface area (Å²) in [5.41, 5.74) is 1.68. The summed E-state index contributed by atoms with van der Waals surface area (Å²) >= 11 is 0. The van der Waals surface area contributed by atoms with Gasteiger partial charge in [-0.1, -0.05) is 18.2 Å². The summed E-state index contributed by atoms with van der Waals surface area (Å²) in [5.74, 6) is -0.325. The van der Waals surface area contributed by atoms with E-state index in [4.69, 9.17) is 5.26 Å². The Morgan fingerprint density at radius 2 is 1.93 bits per heavy atom. The third kappa shape index (κ3) is 3.30. The number of hydrogen-bond donors (Lipinski definition) is 0. The van der Waals surface area contributed by atoms with Crippen molar-refractivity contribution in [3.05, 3.63) is 59.8 Å². The number of pyridine rings is 1. The van der Waals surface area contributed by atoms with Crippen LogP contribution in [0.25, 0.3) is 22.3 Å². The molecule has 1 fully saturated rings. The van der Waals surface area contributed by atoms with Crippen LogP contribution in [0, 0.1) is 11.3 Å². The van der Waals surface area contributed by atoms with E-state index in [-0.39, 0.29) is 17.5 Å². The van der Waals surface area contributed by atoms with E-state index in [1.807, 2.05) is 12.1 Å². The van der Waals surface area contributed by atoms with Gasteiger partial charge in [-0.05, 0) is 31.2 Å². The zero-order valence-electron chi connectivity index (χ0n) is 15.9. The molecule has 152 valence electrons. The third-order valence-electron chi connectivity index (χ3n) is 5.09. The van der Waals surface area contributed by atoms with Crippen LogP contribution in [0.1, 0.15) is 18.5 Å². The number of aromatic nitrogens is 3. The molecular formula is C21H16F3N5O. The van der Waals surface area contributed by atoms with Gasteiger partial charge in [0.2, 0.25) is 0 Å². The van der Waals surface area contributed by atoms with E-state index in [2.05, 4.69) is 10.1 Å². The Morgan fingerprint density at radius 3 is 2.53 bits per heavy atom. The summed E-state index contributed by atoms with van der Waals surface area (Å²) in [6, 6.07) is 10.2. The second kappa shape index (κ2) is 7.30. The molecule has 0 N–H and O–H groups in total. The molecule has 0 saturated carbocycles. The lowest BCUT2D eigenvalue weighted by Gasteiger charge is -2.39. The average Bonchev–Trinajstić information content (AvgIpc) is 3.07. The van der Waals surface area contributed by atoms with Crippen molar-refractivity contribution < 1.29 is 18.0 Å². The number of likely N-dealkylation sites (tertiary alicyclic amines) is 1. The number of amides is 1. The van der Waals surface area contributed by atoms with Gasteiger partial charge in [0, 0.05) is 24.8 Å². The number of carbonyl (C=O) groups is 1. The molecule has 4 rings (SSSR count). The van der Waals surface area contributed by atoms with Gasteiger partial charge in [-0.3, -0.25) is 14.5 Å². The normalized spacial score (nSPS) is 15.2. The number of allylic oxidation sites excluding steroid dienone is 1. The van der Waals surface area contributed by atoms with E-state index in [1.54, 1.807) is 28.8 Å². The molecule has 3 heterocycles. The molecule has 1 saturated heterocycles. The molecule has 1 amide bonds. The summed E-state index contributed by atoms with van der Waals surface area (Å²) in [5, 5.41) is 13.6. The van der Waals surface area contributed by atoms with Crippen molar-refractivity contribution in [3.8, 4) is 17.3 Å². The van der Waals surface area contributed by atoms with Gasteiger partial charge in [-0.15, -0.1) is 0 Å². The highest BCUT2D eigenvalue weighted by Crippen LogP contribution is 2.34. The minimum absolute atomic E-state index is 0.0888. The number of rotatable bonds is 3. The first-order chi connectivity index (χ1) is 14.3. The SMILES string of the molecule is C/C=C(\C#N)C(=O)N1CC(n2nc(-c3ccc(C(F)(F)F)cc3)c3ncccc32)C1. The van der Waals surface area contributed by atoms with Crippen molar-refractivity contribution in [2.45, 2.75) is 19.1 Å². The van der Waals surface area contributed by atoms with Crippen LogP contribution in [-0.4, -0.2) is 38.7 Å². The van der Waals surface area contributed by atoms with Crippen molar-refractivity contribution in [3.63, 3.8) is 0 Å². The maximum Gasteiger partial charge on any atom is 0.416 e. The molecule has 0 radical (unpaired) electrons. The number of carbonyl (C=O) groups excluding carboxylic acids is 1. The van der Waals surface area contributed by atoms with Crippen molar-refractivity contribution in [2.24, 2.45) is 0 Å². The van der Waals surface area contributed by atoms with Crippen LogP contribution in [0.4, 0.5) is 13.2 Å². The van der Waals surface area contributed by atoms with Gasteiger partial charge in [0.05, 0.1) is 17.1 Å². The molecule has 30 heavy (non-hydrogen) atoms. The lowest BCUT2D eigenvalue weighted by molar-refractivity contribution is -0.137. The Balaban J connectivity index is 1.65. The molecule has 1 aliphatic rings. The van der Waals surface area contributed by atoms with Crippen molar-refractivity contribution in [1.29, 1.82) is 5.26 Å². The summed E-state index contributed by atoms with van der Waals surface area (Å²) in [6.07, 6.45) is -1.33. The molecule has 1 aliphatic heterocycles. The van der Waals surface area contributed by atoms with Crippen LogP contribution in [-0.2, 0) is 11.0 Å². The van der Waals surface area contributed by atoms with Crippen LogP contribution in [0.5, 0.6) is 0 Å². The summed E-state index contributed by atoms with van der Waals surface area (Å²) in [6.45, 7) is 2.41. The highest BCUT2D eigenvalue weighted by atomic mass is 19.4. The molecule has 0 aliphatic carbocycles. The predicted octanol–water partition coefficient (Wildman–Crippen LogP) is 3.97. The molecule has 0 unspecified atom stereocenters. The Labute approximate surface area is 169 Å². The van der Waals surface area contributed by atoms with Crippen LogP contribution >= 0.6 is 0 Å². The first-order valence-corrected chi connectivity index (χ1v) is 9.20. The summed E-state index contributed by atoms with van der Waals surface area (Å²) in [7, 11) is 0. The van der Waals surface area contributed by atoms with E-state index >= 15 is 0 Å². The Hall–Kier alpha value is -3.67. The molecular weight excluding hydrogens is 395 g/mol. The highest BCUT2D eigenvalue weighted by molar-refractivity contribution is 5.97. The van der Waals surface area contributed by atoms with Gasteiger partial charge in [0.1, 0.15) is 22.9 Å². The second-order valence-electron chi connectivity index (χ2n) is 6.92. The van der Waals surface area contributed by atoms with Crippen molar-refractivity contribution in [2.75, 3.05) is 13.1 Å². The lowest BCUT2D eigenvalue weighted by Crippen LogP contribution is -2.51. The molecule has 0 spiro atoms. The van der Waals surface area contributed by atoms with Gasteiger partial charge in [0.15, 0.2) is 0 Å². The minimum Gasteiger partial charge on any atom is -0.334 e. The predicted molar refractivity (Wildman–Crippen MR) is 103 cm³/mol. The van der Waals surface area contributed by atoms with E-state index < -0.39 is 11.7 Å². The molecule has 6 nitrogen and oxygen atoms in total. The average molecular weight is 411 g/mol. The molecule has 3 aromatic rings. The van der Waals surface area contributed by atoms with Crippen LogP contribution in [0.2, 0.25) is 0 Å².